The predicted molar refractivity (Wildman–Crippen MR) is 80.3 cm³/mol. The van der Waals surface area contributed by atoms with Gasteiger partial charge >= 0.3 is 0 Å². The summed E-state index contributed by atoms with van der Waals surface area (Å²) in [7, 11) is 0. The number of likely N-dealkylation sites (tertiary alicyclic amines) is 1. The van der Waals surface area contributed by atoms with Crippen LogP contribution in [-0.2, 0) is 0 Å². The van der Waals surface area contributed by atoms with Crippen LogP contribution in [0.2, 0.25) is 0 Å². The highest BCUT2D eigenvalue weighted by Crippen LogP contribution is 2.29. The fourth-order valence-corrected chi connectivity index (χ4v) is 3.88. The molecule has 2 rings (SSSR count). The molecule has 2 aliphatic rings. The van der Waals surface area contributed by atoms with Crippen LogP contribution in [0, 0.1) is 11.8 Å². The van der Waals surface area contributed by atoms with Crippen molar-refractivity contribution in [2.45, 2.75) is 57.9 Å². The maximum absolute atomic E-state index is 8.96. The van der Waals surface area contributed by atoms with E-state index in [4.69, 9.17) is 5.11 Å². The molecule has 1 aliphatic heterocycles. The lowest BCUT2D eigenvalue weighted by atomic mass is 9.93. The molecular weight excluding hydrogens is 236 g/mol. The molecule has 1 heterocycles. The van der Waals surface area contributed by atoms with E-state index in [1.807, 2.05) is 0 Å². The van der Waals surface area contributed by atoms with Crippen LogP contribution in [0.15, 0.2) is 0 Å². The van der Waals surface area contributed by atoms with E-state index in [0.29, 0.717) is 6.61 Å². The largest absolute Gasteiger partial charge is 0.395 e. The van der Waals surface area contributed by atoms with Crippen LogP contribution in [-0.4, -0.2) is 48.8 Å². The second-order valence-corrected chi connectivity index (χ2v) is 6.48. The quantitative estimate of drug-likeness (QED) is 0.743. The number of hydrogen-bond acceptors (Lipinski definition) is 3. The van der Waals surface area contributed by atoms with Gasteiger partial charge in [0, 0.05) is 12.6 Å². The molecule has 0 radical (unpaired) electrons. The summed E-state index contributed by atoms with van der Waals surface area (Å²) in [5.41, 5.74) is 0. The number of nitrogens with zero attached hydrogens (tertiary/aromatic N) is 1. The third kappa shape index (κ3) is 4.73. The summed E-state index contributed by atoms with van der Waals surface area (Å²) in [4.78, 5) is 2.39. The number of piperidine rings is 1. The molecule has 0 bridgehead atoms. The maximum Gasteiger partial charge on any atom is 0.0558 e. The highest BCUT2D eigenvalue weighted by molar-refractivity contribution is 4.82. The lowest BCUT2D eigenvalue weighted by Crippen LogP contribution is -2.42. The maximum atomic E-state index is 8.96. The van der Waals surface area contributed by atoms with Crippen LogP contribution in [0.3, 0.4) is 0 Å². The minimum absolute atomic E-state index is 0.308. The molecule has 3 nitrogen and oxygen atoms in total. The van der Waals surface area contributed by atoms with Crippen LogP contribution in [0.1, 0.15) is 51.9 Å². The van der Waals surface area contributed by atoms with Gasteiger partial charge in [0.2, 0.25) is 0 Å². The van der Waals surface area contributed by atoms with Gasteiger partial charge in [-0.05, 0) is 63.6 Å². The van der Waals surface area contributed by atoms with Gasteiger partial charge in [-0.15, -0.1) is 0 Å². The van der Waals surface area contributed by atoms with Gasteiger partial charge in [0.05, 0.1) is 6.61 Å². The van der Waals surface area contributed by atoms with Crippen LogP contribution >= 0.6 is 0 Å². The molecule has 1 unspecified atom stereocenters. The second kappa shape index (κ2) is 8.23. The third-order valence-electron chi connectivity index (χ3n) is 5.20. The second-order valence-electron chi connectivity index (χ2n) is 6.48. The van der Waals surface area contributed by atoms with Gasteiger partial charge in [0.15, 0.2) is 0 Å². The van der Waals surface area contributed by atoms with Crippen molar-refractivity contribution in [3.63, 3.8) is 0 Å². The monoisotopic (exact) mass is 268 g/mol. The first-order valence-electron chi connectivity index (χ1n) is 8.40. The molecule has 1 saturated heterocycles. The molecule has 1 aliphatic carbocycles. The third-order valence-corrected chi connectivity index (χ3v) is 5.20. The average Bonchev–Trinajstić information content (AvgIpc) is 2.96. The van der Waals surface area contributed by atoms with Gasteiger partial charge in [0.25, 0.3) is 0 Å². The molecule has 112 valence electrons. The van der Waals surface area contributed by atoms with E-state index < -0.39 is 0 Å². The Morgan fingerprint density at radius 3 is 2.42 bits per heavy atom. The highest BCUT2D eigenvalue weighted by atomic mass is 16.3. The average molecular weight is 268 g/mol. The number of nitrogens with one attached hydrogen (secondary N) is 1. The molecule has 3 heteroatoms. The normalized spacial score (nSPS) is 24.9. The van der Waals surface area contributed by atoms with Crippen molar-refractivity contribution in [1.29, 1.82) is 0 Å². The van der Waals surface area contributed by atoms with E-state index in [0.717, 1.165) is 24.4 Å². The van der Waals surface area contributed by atoms with Crippen molar-refractivity contribution in [2.75, 3.05) is 32.8 Å². The van der Waals surface area contributed by atoms with Crippen molar-refractivity contribution in [1.82, 2.24) is 10.2 Å². The number of rotatable bonds is 7. The van der Waals surface area contributed by atoms with Gasteiger partial charge in [-0.3, -0.25) is 0 Å². The minimum Gasteiger partial charge on any atom is -0.395 e. The van der Waals surface area contributed by atoms with Gasteiger partial charge in [-0.25, -0.2) is 0 Å². The Labute approximate surface area is 118 Å². The molecule has 2 fully saturated rings. The number of aliphatic hydroxyl groups is 1. The lowest BCUT2D eigenvalue weighted by molar-refractivity contribution is 0.144. The molecule has 1 saturated carbocycles. The fourth-order valence-electron chi connectivity index (χ4n) is 3.88. The van der Waals surface area contributed by atoms with Gasteiger partial charge in [-0.2, -0.15) is 0 Å². The zero-order valence-corrected chi connectivity index (χ0v) is 12.6. The Hall–Kier alpha value is -0.120. The van der Waals surface area contributed by atoms with E-state index >= 15 is 0 Å². The molecule has 0 amide bonds. The summed E-state index contributed by atoms with van der Waals surface area (Å²) < 4.78 is 0. The van der Waals surface area contributed by atoms with Gasteiger partial charge < -0.3 is 15.3 Å². The zero-order chi connectivity index (χ0) is 13.5. The van der Waals surface area contributed by atoms with Crippen molar-refractivity contribution in [2.24, 2.45) is 11.8 Å². The first kappa shape index (κ1) is 15.3. The van der Waals surface area contributed by atoms with E-state index in [1.54, 1.807) is 0 Å². The highest BCUT2D eigenvalue weighted by Gasteiger charge is 2.25. The predicted octanol–water partition coefficient (Wildman–Crippen LogP) is 2.25. The molecule has 0 aromatic heterocycles. The Balaban J connectivity index is 1.64. The van der Waals surface area contributed by atoms with Crippen molar-refractivity contribution < 1.29 is 5.11 Å². The van der Waals surface area contributed by atoms with Crippen LogP contribution in [0.25, 0.3) is 0 Å². The first-order valence-corrected chi connectivity index (χ1v) is 8.40. The molecule has 1 atom stereocenters. The Morgan fingerprint density at radius 2 is 1.84 bits per heavy atom. The summed E-state index contributed by atoms with van der Waals surface area (Å²) in [6, 6.07) is 0.762. The number of aliphatic hydroxyl groups excluding tert-OH is 1. The summed E-state index contributed by atoms with van der Waals surface area (Å²) in [6.07, 6.45) is 9.67. The smallest absolute Gasteiger partial charge is 0.0558 e. The topological polar surface area (TPSA) is 35.5 Å². The SMILES string of the molecule is CCC(NCC1CCN(CCO)CC1)C1CCCC1. The molecule has 0 aromatic rings. The molecule has 0 spiro atoms. The minimum atomic E-state index is 0.308. The van der Waals surface area contributed by atoms with E-state index in [1.165, 1.54) is 64.6 Å². The molecule has 19 heavy (non-hydrogen) atoms. The van der Waals surface area contributed by atoms with Crippen molar-refractivity contribution in [3.05, 3.63) is 0 Å². The molecule has 0 aromatic carbocycles. The fraction of sp³-hybridized carbons (Fsp3) is 1.00. The zero-order valence-electron chi connectivity index (χ0n) is 12.6. The number of β-amino-alcohol motifs (C(OH)–C–C–N with tert-alkyl or cyclic N) is 1. The van der Waals surface area contributed by atoms with E-state index in [-0.39, 0.29) is 0 Å². The van der Waals surface area contributed by atoms with E-state index in [9.17, 15) is 0 Å². The summed E-state index contributed by atoms with van der Waals surface area (Å²) >= 11 is 0. The van der Waals surface area contributed by atoms with E-state index in [2.05, 4.69) is 17.1 Å². The summed E-state index contributed by atoms with van der Waals surface area (Å²) in [6.45, 7) is 7.06. The Morgan fingerprint density at radius 1 is 1.16 bits per heavy atom. The Bertz CT molecular complexity index is 233. The standard InChI is InChI=1S/C16H32N2O/c1-2-16(15-5-3-4-6-15)17-13-14-7-9-18(10-8-14)11-12-19/h14-17,19H,2-13H2,1H3. The first-order chi connectivity index (χ1) is 9.33. The lowest BCUT2D eigenvalue weighted by Gasteiger charge is -2.33. The summed E-state index contributed by atoms with van der Waals surface area (Å²) in [5.74, 6) is 1.80. The molecule has 2 N–H and O–H groups in total. The van der Waals surface area contributed by atoms with Crippen LogP contribution < -0.4 is 5.32 Å². The van der Waals surface area contributed by atoms with Crippen molar-refractivity contribution >= 4 is 0 Å². The number of hydrogen-bond donors (Lipinski definition) is 2. The Kier molecular flexibility index (Phi) is 6.62. The van der Waals surface area contributed by atoms with Gasteiger partial charge in [0.1, 0.15) is 0 Å². The van der Waals surface area contributed by atoms with Gasteiger partial charge in [-0.1, -0.05) is 19.8 Å². The van der Waals surface area contributed by atoms with Crippen LogP contribution in [0.4, 0.5) is 0 Å². The van der Waals surface area contributed by atoms with Crippen molar-refractivity contribution in [3.8, 4) is 0 Å². The summed E-state index contributed by atoms with van der Waals surface area (Å²) in [5, 5.41) is 12.8. The molecular formula is C16H32N2O. The van der Waals surface area contributed by atoms with Crippen LogP contribution in [0.5, 0.6) is 0 Å².